The lowest BCUT2D eigenvalue weighted by molar-refractivity contribution is -0.119. The first kappa shape index (κ1) is 20.5. The second kappa shape index (κ2) is 9.36. The van der Waals surface area contributed by atoms with Crippen molar-refractivity contribution in [2.45, 2.75) is 6.61 Å². The number of rotatable bonds is 7. The van der Waals surface area contributed by atoms with Gasteiger partial charge in [-0.3, -0.25) is 10.1 Å². The Labute approximate surface area is 181 Å². The van der Waals surface area contributed by atoms with E-state index in [9.17, 15) is 14.0 Å². The number of carbonyl (C=O) groups excluding carboxylic acids is 2. The van der Waals surface area contributed by atoms with E-state index < -0.39 is 18.5 Å². The van der Waals surface area contributed by atoms with Gasteiger partial charge in [0.15, 0.2) is 11.7 Å². The summed E-state index contributed by atoms with van der Waals surface area (Å²) in [6.07, 6.45) is 0. The molecule has 1 heterocycles. The molecule has 0 spiro atoms. The number of hydrogen-bond acceptors (Lipinski definition) is 6. The summed E-state index contributed by atoms with van der Waals surface area (Å²) in [6.45, 7) is -0.302. The first-order valence-corrected chi connectivity index (χ1v) is 10.2. The number of amides is 1. The summed E-state index contributed by atoms with van der Waals surface area (Å²) >= 11 is 1.34. The van der Waals surface area contributed by atoms with Crippen molar-refractivity contribution in [3.05, 3.63) is 89.7 Å². The molecule has 4 rings (SSSR count). The largest absolute Gasteiger partial charge is 0.488 e. The molecule has 1 aromatic heterocycles. The first-order chi connectivity index (χ1) is 15.1. The molecule has 0 aliphatic carbocycles. The number of anilines is 1. The van der Waals surface area contributed by atoms with Gasteiger partial charge in [-0.05, 0) is 42.0 Å². The highest BCUT2D eigenvalue weighted by atomic mass is 32.1. The molecular formula is C23H17FN2O4S. The normalized spacial score (nSPS) is 10.6. The molecule has 0 radical (unpaired) electrons. The van der Waals surface area contributed by atoms with E-state index in [0.717, 1.165) is 15.8 Å². The van der Waals surface area contributed by atoms with Crippen LogP contribution in [0.15, 0.2) is 72.8 Å². The van der Waals surface area contributed by atoms with Gasteiger partial charge in [0, 0.05) is 0 Å². The van der Waals surface area contributed by atoms with Gasteiger partial charge in [0.25, 0.3) is 5.91 Å². The average Bonchev–Trinajstić information content (AvgIpc) is 3.19. The number of ether oxygens (including phenoxy) is 2. The van der Waals surface area contributed by atoms with Crippen LogP contribution in [0.25, 0.3) is 10.2 Å². The molecule has 0 aliphatic heterocycles. The molecule has 0 saturated heterocycles. The Bertz CT molecular complexity index is 1190. The van der Waals surface area contributed by atoms with Crippen LogP contribution >= 0.6 is 11.3 Å². The number of para-hydroxylation sites is 2. The SMILES string of the molecule is O=C(COC(=O)c1ccccc1OCc1ccc(F)cc1)Nc1nc2ccccc2s1. The number of aromatic nitrogens is 1. The lowest BCUT2D eigenvalue weighted by Crippen LogP contribution is -2.21. The topological polar surface area (TPSA) is 77.5 Å². The minimum absolute atomic E-state index is 0.155. The summed E-state index contributed by atoms with van der Waals surface area (Å²) in [5.74, 6) is -1.20. The Hall–Kier alpha value is -3.78. The summed E-state index contributed by atoms with van der Waals surface area (Å²) in [5.41, 5.74) is 1.73. The van der Waals surface area contributed by atoms with Crippen LogP contribution in [0.3, 0.4) is 0 Å². The van der Waals surface area contributed by atoms with E-state index in [2.05, 4.69) is 10.3 Å². The van der Waals surface area contributed by atoms with Crippen LogP contribution < -0.4 is 10.1 Å². The van der Waals surface area contributed by atoms with E-state index in [1.165, 1.54) is 23.5 Å². The van der Waals surface area contributed by atoms with Crippen LogP contribution in [0.2, 0.25) is 0 Å². The van der Waals surface area contributed by atoms with Crippen LogP contribution in [-0.4, -0.2) is 23.5 Å². The third kappa shape index (κ3) is 5.23. The predicted molar refractivity (Wildman–Crippen MR) is 116 cm³/mol. The van der Waals surface area contributed by atoms with Gasteiger partial charge < -0.3 is 9.47 Å². The van der Waals surface area contributed by atoms with E-state index in [-0.39, 0.29) is 18.0 Å². The fourth-order valence-electron chi connectivity index (χ4n) is 2.79. The van der Waals surface area contributed by atoms with Gasteiger partial charge in [0.2, 0.25) is 0 Å². The van der Waals surface area contributed by atoms with E-state index >= 15 is 0 Å². The third-order valence-electron chi connectivity index (χ3n) is 4.29. The number of esters is 1. The average molecular weight is 436 g/mol. The maximum atomic E-state index is 13.0. The molecule has 4 aromatic rings. The van der Waals surface area contributed by atoms with Crippen molar-refractivity contribution in [1.82, 2.24) is 4.98 Å². The third-order valence-corrected chi connectivity index (χ3v) is 5.24. The maximum absolute atomic E-state index is 13.0. The Morgan fingerprint density at radius 3 is 2.52 bits per heavy atom. The molecule has 0 bridgehead atoms. The van der Waals surface area contributed by atoms with Crippen molar-refractivity contribution in [2.75, 3.05) is 11.9 Å². The molecular weight excluding hydrogens is 419 g/mol. The van der Waals surface area contributed by atoms with Gasteiger partial charge in [-0.15, -0.1) is 0 Å². The van der Waals surface area contributed by atoms with Gasteiger partial charge in [0.1, 0.15) is 23.7 Å². The number of thiazole rings is 1. The molecule has 156 valence electrons. The predicted octanol–water partition coefficient (Wildman–Crippen LogP) is 4.81. The monoisotopic (exact) mass is 436 g/mol. The molecule has 1 amide bonds. The number of nitrogens with one attached hydrogen (secondary N) is 1. The molecule has 6 nitrogen and oxygen atoms in total. The first-order valence-electron chi connectivity index (χ1n) is 9.37. The van der Waals surface area contributed by atoms with Crippen molar-refractivity contribution >= 4 is 38.6 Å². The standard InChI is InChI=1S/C23H17FN2O4S/c24-16-11-9-15(10-12-16)13-29-19-7-3-1-5-17(19)22(28)30-14-21(27)26-23-25-18-6-2-4-8-20(18)31-23/h1-12H,13-14H2,(H,25,26,27). The van der Waals surface area contributed by atoms with E-state index in [1.54, 1.807) is 36.4 Å². The van der Waals surface area contributed by atoms with E-state index in [1.807, 2.05) is 24.3 Å². The zero-order valence-electron chi connectivity index (χ0n) is 16.2. The highest BCUT2D eigenvalue weighted by Gasteiger charge is 2.16. The molecule has 8 heteroatoms. The van der Waals surface area contributed by atoms with Gasteiger partial charge >= 0.3 is 5.97 Å². The molecule has 1 N–H and O–H groups in total. The Kier molecular flexibility index (Phi) is 6.18. The van der Waals surface area contributed by atoms with Gasteiger partial charge in [-0.25, -0.2) is 14.2 Å². The number of carbonyl (C=O) groups is 2. The van der Waals surface area contributed by atoms with Crippen molar-refractivity contribution in [3.8, 4) is 5.75 Å². The second-order valence-electron chi connectivity index (χ2n) is 6.52. The lowest BCUT2D eigenvalue weighted by atomic mass is 10.2. The van der Waals surface area contributed by atoms with Gasteiger partial charge in [-0.2, -0.15) is 0 Å². The summed E-state index contributed by atoms with van der Waals surface area (Å²) in [7, 11) is 0. The lowest BCUT2D eigenvalue weighted by Gasteiger charge is -2.11. The van der Waals surface area contributed by atoms with Crippen LogP contribution in [0.1, 0.15) is 15.9 Å². The summed E-state index contributed by atoms with van der Waals surface area (Å²) in [5, 5.41) is 3.07. The van der Waals surface area contributed by atoms with Crippen LogP contribution in [0, 0.1) is 5.82 Å². The zero-order chi connectivity index (χ0) is 21.6. The van der Waals surface area contributed by atoms with E-state index in [4.69, 9.17) is 9.47 Å². The maximum Gasteiger partial charge on any atom is 0.342 e. The van der Waals surface area contributed by atoms with Gasteiger partial charge in [-0.1, -0.05) is 47.7 Å². The quantitative estimate of drug-likeness (QED) is 0.421. The number of nitrogens with zero attached hydrogens (tertiary/aromatic N) is 1. The number of halogens is 1. The molecule has 0 unspecified atom stereocenters. The van der Waals surface area contributed by atoms with Crippen molar-refractivity contribution in [2.24, 2.45) is 0 Å². The molecule has 31 heavy (non-hydrogen) atoms. The highest BCUT2D eigenvalue weighted by Crippen LogP contribution is 2.25. The fraction of sp³-hybridized carbons (Fsp3) is 0.0870. The molecule has 0 saturated carbocycles. The highest BCUT2D eigenvalue weighted by molar-refractivity contribution is 7.22. The smallest absolute Gasteiger partial charge is 0.342 e. The van der Waals surface area contributed by atoms with E-state index in [0.29, 0.717) is 10.9 Å². The summed E-state index contributed by atoms with van der Waals surface area (Å²) < 4.78 is 24.8. The minimum Gasteiger partial charge on any atom is -0.488 e. The van der Waals surface area contributed by atoms with Crippen LogP contribution in [0.5, 0.6) is 5.75 Å². The minimum atomic E-state index is -0.686. The number of fused-ring (bicyclic) bond motifs is 1. The molecule has 3 aromatic carbocycles. The summed E-state index contributed by atoms with van der Waals surface area (Å²) in [4.78, 5) is 29.0. The molecule has 0 fully saturated rings. The van der Waals surface area contributed by atoms with Gasteiger partial charge in [0.05, 0.1) is 10.2 Å². The Morgan fingerprint density at radius 2 is 1.71 bits per heavy atom. The number of benzene rings is 3. The van der Waals surface area contributed by atoms with Crippen molar-refractivity contribution in [1.29, 1.82) is 0 Å². The Balaban J connectivity index is 1.34. The number of hydrogen-bond donors (Lipinski definition) is 1. The second-order valence-corrected chi connectivity index (χ2v) is 7.55. The van der Waals surface area contributed by atoms with Crippen molar-refractivity contribution in [3.63, 3.8) is 0 Å². The van der Waals surface area contributed by atoms with Crippen LogP contribution in [-0.2, 0) is 16.1 Å². The summed E-state index contributed by atoms with van der Waals surface area (Å²) in [6, 6.07) is 20.0. The Morgan fingerprint density at radius 1 is 0.968 bits per heavy atom. The van der Waals surface area contributed by atoms with Crippen LogP contribution in [0.4, 0.5) is 9.52 Å². The molecule has 0 atom stereocenters. The zero-order valence-corrected chi connectivity index (χ0v) is 17.0. The fourth-order valence-corrected chi connectivity index (χ4v) is 3.67. The molecule has 0 aliphatic rings. The van der Waals surface area contributed by atoms with Crippen molar-refractivity contribution < 1.29 is 23.5 Å².